The van der Waals surface area contributed by atoms with E-state index in [0.717, 1.165) is 52.0 Å². The number of aryl methyl sites for hydroxylation is 4. The lowest BCUT2D eigenvalue weighted by molar-refractivity contribution is -0.349. The third kappa shape index (κ3) is 13.4. The number of carbonyl (C=O) groups excluding carboxylic acids is 4. The molecule has 0 aliphatic heterocycles. The van der Waals surface area contributed by atoms with E-state index in [1.807, 2.05) is 6.07 Å². The molecule has 0 aliphatic carbocycles. The number of alkyl halides is 14. The van der Waals surface area contributed by atoms with E-state index in [4.69, 9.17) is 22.6 Å². The van der Waals surface area contributed by atoms with Gasteiger partial charge in [0.2, 0.25) is 0 Å². The molecule has 0 saturated carbocycles. The van der Waals surface area contributed by atoms with Crippen LogP contribution in [0.1, 0.15) is 85.9 Å². The molecule has 6 aromatic carbocycles. The molecule has 79 heavy (non-hydrogen) atoms. The first-order valence-corrected chi connectivity index (χ1v) is 22.1. The molecule has 0 heterocycles. The number of nitriles is 2. The number of amides is 3. The van der Waals surface area contributed by atoms with Gasteiger partial charge in [0.05, 0.1) is 33.6 Å². The number of nitrogens with two attached hydrogens (primary N) is 1. The van der Waals surface area contributed by atoms with Crippen LogP contribution in [0.15, 0.2) is 109 Å². The Labute approximate surface area is 441 Å². The molecule has 3 amide bonds. The molecule has 10 nitrogen and oxygen atoms in total. The van der Waals surface area contributed by atoms with Gasteiger partial charge in [-0.2, -0.15) is 63.2 Å². The van der Waals surface area contributed by atoms with Gasteiger partial charge in [-0.15, -0.1) is 0 Å². The minimum atomic E-state index is -6.33. The van der Waals surface area contributed by atoms with Gasteiger partial charge in [0.15, 0.2) is 11.6 Å². The lowest BCUT2D eigenvalue weighted by Crippen LogP contribution is -2.50. The average Bonchev–Trinajstić information content (AvgIpc) is 3.41. The molecular weight excluding hydrogens is 1110 g/mol. The second kappa shape index (κ2) is 23.9. The van der Waals surface area contributed by atoms with Crippen LogP contribution in [0.25, 0.3) is 0 Å². The molecule has 0 aliphatic rings. The highest BCUT2D eigenvalue weighted by atomic mass is 35.5. The Morgan fingerprint density at radius 1 is 0.456 bits per heavy atom. The molecule has 5 N–H and O–H groups in total. The number of nitrogens with zero attached hydrogens (tertiary/aromatic N) is 2. The number of nitrogens with one attached hydrogen (secondary N) is 3. The molecule has 0 bridgehead atoms. The van der Waals surface area contributed by atoms with Crippen LogP contribution in [-0.2, 0) is 11.3 Å². The van der Waals surface area contributed by atoms with Crippen molar-refractivity contribution >= 4 is 57.3 Å². The van der Waals surface area contributed by atoms with Gasteiger partial charge in [0.1, 0.15) is 12.1 Å². The number of carbonyl (C=O) groups is 4. The molecule has 6 rings (SSSR count). The zero-order valence-electron chi connectivity index (χ0n) is 40.4. The van der Waals surface area contributed by atoms with Crippen molar-refractivity contribution in [1.29, 1.82) is 10.5 Å². The fourth-order valence-corrected chi connectivity index (χ4v) is 7.36. The Bertz CT molecular complexity index is 3320. The topological polar surface area (TPSA) is 178 Å². The van der Waals surface area contributed by atoms with E-state index in [-0.39, 0.29) is 62.5 Å². The van der Waals surface area contributed by atoms with Crippen molar-refractivity contribution < 1.29 is 89.4 Å². The second-order valence-electron chi connectivity index (χ2n) is 16.6. The molecule has 6 aromatic rings. The number of rotatable bonds is 9. The number of halogens is 17. The summed E-state index contributed by atoms with van der Waals surface area (Å²) in [7, 11) is 0. The van der Waals surface area contributed by atoms with E-state index in [2.05, 4.69) is 16.0 Å². The van der Waals surface area contributed by atoms with Gasteiger partial charge in [-0.25, -0.2) is 17.6 Å². The van der Waals surface area contributed by atoms with Crippen LogP contribution in [0.3, 0.4) is 0 Å². The highest BCUT2D eigenvalue weighted by Gasteiger charge is 2.74. The summed E-state index contributed by atoms with van der Waals surface area (Å²) >= 11 is 5.16. The summed E-state index contributed by atoms with van der Waals surface area (Å²) in [5, 5.41) is 24.2. The minimum absolute atomic E-state index is 0.114. The van der Waals surface area contributed by atoms with Gasteiger partial charge in [0, 0.05) is 33.6 Å². The van der Waals surface area contributed by atoms with E-state index < -0.39 is 104 Å². The summed E-state index contributed by atoms with van der Waals surface area (Å²) in [6, 6.07) is 24.6. The maximum atomic E-state index is 15.3. The molecule has 0 radical (unpaired) electrons. The molecular formula is C52H35ClF16N6O4. The summed E-state index contributed by atoms with van der Waals surface area (Å²) < 4.78 is 215. The zero-order valence-corrected chi connectivity index (χ0v) is 41.2. The molecule has 0 saturated heterocycles. The number of nitrogen functional groups attached to an aromatic ring is 1. The smallest absolute Gasteiger partial charge is 0.395 e. The Kier molecular flexibility index (Phi) is 19.1. The van der Waals surface area contributed by atoms with E-state index in [9.17, 15) is 90.3 Å². The quantitative estimate of drug-likeness (QED) is 0.0632. The third-order valence-electron chi connectivity index (χ3n) is 11.2. The van der Waals surface area contributed by atoms with Crippen LogP contribution < -0.4 is 21.7 Å². The maximum absolute atomic E-state index is 15.3. The number of anilines is 4. The van der Waals surface area contributed by atoms with Crippen molar-refractivity contribution in [3.8, 4) is 12.1 Å². The summed E-state index contributed by atoms with van der Waals surface area (Å²) in [5.74, 6) is -5.69. The van der Waals surface area contributed by atoms with Crippen LogP contribution in [0, 0.1) is 62.0 Å². The van der Waals surface area contributed by atoms with Gasteiger partial charge in [-0.1, -0.05) is 72.8 Å². The highest BCUT2D eigenvalue weighted by Crippen LogP contribution is 2.55. The van der Waals surface area contributed by atoms with Crippen molar-refractivity contribution in [2.45, 2.75) is 63.7 Å². The van der Waals surface area contributed by atoms with Crippen LogP contribution in [-0.4, -0.2) is 47.7 Å². The summed E-state index contributed by atoms with van der Waals surface area (Å²) in [5.41, 5.74) is -13.8. The lowest BCUT2D eigenvalue weighted by atomic mass is 9.90. The largest absolute Gasteiger partial charge is 0.435 e. The monoisotopic (exact) mass is 1150 g/mol. The van der Waals surface area contributed by atoms with Crippen molar-refractivity contribution in [3.05, 3.63) is 188 Å². The van der Waals surface area contributed by atoms with Crippen molar-refractivity contribution in [2.24, 2.45) is 0 Å². The van der Waals surface area contributed by atoms with E-state index in [0.29, 0.717) is 17.7 Å². The molecule has 0 unspecified atom stereocenters. The fourth-order valence-electron chi connectivity index (χ4n) is 7.23. The van der Waals surface area contributed by atoms with Crippen LogP contribution in [0.2, 0.25) is 0 Å². The third-order valence-corrected chi connectivity index (χ3v) is 11.4. The first-order chi connectivity index (χ1) is 36.4. The van der Waals surface area contributed by atoms with E-state index in [1.54, 1.807) is 42.5 Å². The summed E-state index contributed by atoms with van der Waals surface area (Å²) in [6.45, 7) is 4.14. The molecule has 27 heteroatoms. The zero-order chi connectivity index (χ0) is 60.0. The summed E-state index contributed by atoms with van der Waals surface area (Å²) in [4.78, 5) is 48.1. The molecule has 416 valence electrons. The first-order valence-electron chi connectivity index (χ1n) is 21.7. The maximum Gasteiger partial charge on any atom is 0.435 e. The lowest BCUT2D eigenvalue weighted by Gasteiger charge is -2.31. The number of hydrogen-bond acceptors (Lipinski definition) is 7. The van der Waals surface area contributed by atoms with E-state index in [1.165, 1.54) is 24.3 Å². The van der Waals surface area contributed by atoms with E-state index >= 15 is 4.39 Å². The highest BCUT2D eigenvalue weighted by molar-refractivity contribution is 6.67. The first kappa shape index (κ1) is 62.9. The SMILES string of the molecule is Cc1cc(C(F)(C(F)(F)F)C(F)(F)F)cc(C)c1NC(=O)c1ccc(C#N)c(N)c1F.Cc1cc(C(F)(C(F)(F)F)C(F)(F)F)cc(C)c1NC(=O)c1ccc(C#N)c(NC(=O)c2ccccc2)c1F.O=C(Cl)c1ccccc1. The standard InChI is InChI=1S/C26H17F8N3O2.C19H13F8N3O.C7H5ClO/c1-13-10-17(24(28,25(29,30)31)26(32,33)34)11-14(2)20(13)36-23(39)18-9-8-16(12-35)21(19(18)27)37-22(38)15-6-4-3-5-7-15;1-8-5-11(17(21,18(22,23)24)19(25,26)27)6-9(2)15(8)30-16(31)12-4-3-10(7-28)14(29)13(12)20;8-7(9)6-4-2-1-3-5-6/h3-11H,1-2H3,(H,36,39)(H,37,38);3-6H,29H2,1-2H3,(H,30,31);1-5H. The molecule has 0 fully saturated rings. The van der Waals surface area contributed by atoms with Crippen molar-refractivity contribution in [1.82, 2.24) is 0 Å². The van der Waals surface area contributed by atoms with Crippen LogP contribution in [0.5, 0.6) is 0 Å². The Morgan fingerprint density at radius 3 is 1.09 bits per heavy atom. The van der Waals surface area contributed by atoms with Crippen molar-refractivity contribution in [2.75, 3.05) is 21.7 Å². The van der Waals surface area contributed by atoms with Crippen LogP contribution in [0.4, 0.5) is 93.0 Å². The Morgan fingerprint density at radius 2 is 0.772 bits per heavy atom. The summed E-state index contributed by atoms with van der Waals surface area (Å²) in [6.07, 6.45) is -25.3. The fraction of sp³-hybridized carbons (Fsp3) is 0.192. The number of hydrogen-bond donors (Lipinski definition) is 4. The Hall–Kier alpha value is -8.65. The normalized spacial score (nSPS) is 11.8. The minimum Gasteiger partial charge on any atom is -0.395 e. The Balaban J connectivity index is 0.000000299. The predicted molar refractivity (Wildman–Crippen MR) is 255 cm³/mol. The van der Waals surface area contributed by atoms with Gasteiger partial charge in [-0.05, 0) is 97.9 Å². The molecule has 0 spiro atoms. The van der Waals surface area contributed by atoms with Gasteiger partial charge in [0.25, 0.3) is 23.0 Å². The number of benzene rings is 6. The van der Waals surface area contributed by atoms with Crippen molar-refractivity contribution in [3.63, 3.8) is 0 Å². The second-order valence-corrected chi connectivity index (χ2v) is 17.0. The molecule has 0 atom stereocenters. The van der Waals surface area contributed by atoms with Gasteiger partial charge in [-0.3, -0.25) is 19.2 Å². The van der Waals surface area contributed by atoms with Crippen LogP contribution >= 0.6 is 11.6 Å². The van der Waals surface area contributed by atoms with Gasteiger partial charge < -0.3 is 21.7 Å². The van der Waals surface area contributed by atoms with Gasteiger partial charge >= 0.3 is 36.0 Å². The predicted octanol–water partition coefficient (Wildman–Crippen LogP) is 14.6. The average molecular weight is 1150 g/mol. The molecule has 0 aromatic heterocycles.